The van der Waals surface area contributed by atoms with E-state index in [0.29, 0.717) is 19.0 Å². The molecule has 110 valence electrons. The van der Waals surface area contributed by atoms with Gasteiger partial charge in [0.1, 0.15) is 12.4 Å². The van der Waals surface area contributed by atoms with Gasteiger partial charge < -0.3 is 20.1 Å². The summed E-state index contributed by atoms with van der Waals surface area (Å²) in [7, 11) is 1.63. The van der Waals surface area contributed by atoms with Crippen molar-refractivity contribution in [2.75, 3.05) is 38.7 Å². The Bertz CT molecular complexity index is 456. The molecule has 0 saturated carbocycles. The van der Waals surface area contributed by atoms with Gasteiger partial charge in [0, 0.05) is 13.7 Å². The lowest BCUT2D eigenvalue weighted by Crippen LogP contribution is -2.25. The van der Waals surface area contributed by atoms with Crippen LogP contribution in [0.25, 0.3) is 0 Å². The Morgan fingerprint density at radius 3 is 3.00 bits per heavy atom. The van der Waals surface area contributed by atoms with Gasteiger partial charge in [0.2, 0.25) is 5.91 Å². The van der Waals surface area contributed by atoms with Crippen LogP contribution in [0.4, 0.5) is 5.69 Å². The highest BCUT2D eigenvalue weighted by Gasteiger charge is 2.23. The summed E-state index contributed by atoms with van der Waals surface area (Å²) in [6.45, 7) is 4.64. The Morgan fingerprint density at radius 1 is 1.45 bits per heavy atom. The smallest absolute Gasteiger partial charge is 0.228 e. The maximum absolute atomic E-state index is 12.2. The fraction of sp³-hybridized carbons (Fsp3) is 0.533. The molecule has 5 nitrogen and oxygen atoms in total. The van der Waals surface area contributed by atoms with E-state index in [9.17, 15) is 4.79 Å². The number of carbonyl (C=O) groups is 1. The first-order valence-electron chi connectivity index (χ1n) is 6.94. The monoisotopic (exact) mass is 278 g/mol. The molecule has 1 aromatic rings. The first-order chi connectivity index (χ1) is 9.70. The normalized spacial score (nSPS) is 18.0. The number of rotatable bonds is 6. The summed E-state index contributed by atoms with van der Waals surface area (Å²) in [6, 6.07) is 5.78. The second-order valence-corrected chi connectivity index (χ2v) is 5.02. The zero-order chi connectivity index (χ0) is 14.4. The number of methoxy groups -OCH3 is 1. The number of hydrogen-bond donors (Lipinski definition) is 2. The van der Waals surface area contributed by atoms with Crippen molar-refractivity contribution in [3.8, 4) is 5.75 Å². The van der Waals surface area contributed by atoms with E-state index >= 15 is 0 Å². The van der Waals surface area contributed by atoms with Crippen LogP contribution in [0, 0.1) is 12.8 Å². The molecule has 0 bridgehead atoms. The zero-order valence-electron chi connectivity index (χ0n) is 12.1. The van der Waals surface area contributed by atoms with Crippen LogP contribution in [0.2, 0.25) is 0 Å². The average Bonchev–Trinajstić information content (AvgIpc) is 2.96. The molecule has 0 radical (unpaired) electrons. The summed E-state index contributed by atoms with van der Waals surface area (Å²) in [5.41, 5.74) is 1.82. The Morgan fingerprint density at radius 2 is 2.30 bits per heavy atom. The molecule has 1 heterocycles. The minimum absolute atomic E-state index is 0.0446. The van der Waals surface area contributed by atoms with Crippen molar-refractivity contribution in [3.05, 3.63) is 23.8 Å². The summed E-state index contributed by atoms with van der Waals surface area (Å²) in [5, 5.41) is 6.16. The number of ether oxygens (including phenoxy) is 2. The van der Waals surface area contributed by atoms with Gasteiger partial charge in [-0.15, -0.1) is 0 Å². The van der Waals surface area contributed by atoms with Crippen molar-refractivity contribution in [3.63, 3.8) is 0 Å². The van der Waals surface area contributed by atoms with Crippen molar-refractivity contribution in [2.24, 2.45) is 5.92 Å². The van der Waals surface area contributed by atoms with E-state index in [1.807, 2.05) is 25.1 Å². The van der Waals surface area contributed by atoms with Crippen molar-refractivity contribution < 1.29 is 14.3 Å². The third kappa shape index (κ3) is 3.95. The molecule has 1 aliphatic rings. The lowest BCUT2D eigenvalue weighted by Gasteiger charge is -2.15. The molecular formula is C15H22N2O3. The topological polar surface area (TPSA) is 59.6 Å². The molecule has 1 aromatic carbocycles. The molecular weight excluding hydrogens is 256 g/mol. The second-order valence-electron chi connectivity index (χ2n) is 5.02. The van der Waals surface area contributed by atoms with Gasteiger partial charge in [-0.1, -0.05) is 6.07 Å². The summed E-state index contributed by atoms with van der Waals surface area (Å²) in [5.74, 6) is 0.792. The lowest BCUT2D eigenvalue weighted by molar-refractivity contribution is -0.119. The second kappa shape index (κ2) is 7.26. The zero-order valence-corrected chi connectivity index (χ0v) is 12.1. The predicted molar refractivity (Wildman–Crippen MR) is 78.2 cm³/mol. The van der Waals surface area contributed by atoms with Crippen LogP contribution in [-0.4, -0.2) is 39.3 Å². The molecule has 1 amide bonds. The minimum Gasteiger partial charge on any atom is -0.489 e. The van der Waals surface area contributed by atoms with Crippen LogP contribution in [0.15, 0.2) is 18.2 Å². The van der Waals surface area contributed by atoms with E-state index in [1.54, 1.807) is 7.11 Å². The van der Waals surface area contributed by atoms with Crippen LogP contribution in [0.5, 0.6) is 5.75 Å². The highest BCUT2D eigenvalue weighted by molar-refractivity contribution is 5.94. The molecule has 1 unspecified atom stereocenters. The molecule has 0 spiro atoms. The predicted octanol–water partition coefficient (Wildman–Crippen LogP) is 1.57. The summed E-state index contributed by atoms with van der Waals surface area (Å²) < 4.78 is 10.6. The number of benzene rings is 1. The Labute approximate surface area is 119 Å². The van der Waals surface area contributed by atoms with E-state index in [2.05, 4.69) is 10.6 Å². The van der Waals surface area contributed by atoms with Gasteiger partial charge in [-0.25, -0.2) is 0 Å². The summed E-state index contributed by atoms with van der Waals surface area (Å²) >= 11 is 0. The van der Waals surface area contributed by atoms with Crippen molar-refractivity contribution in [2.45, 2.75) is 13.3 Å². The van der Waals surface area contributed by atoms with E-state index in [-0.39, 0.29) is 11.8 Å². The largest absolute Gasteiger partial charge is 0.489 e. The Hall–Kier alpha value is -1.59. The van der Waals surface area contributed by atoms with Gasteiger partial charge >= 0.3 is 0 Å². The maximum Gasteiger partial charge on any atom is 0.228 e. The Kier molecular flexibility index (Phi) is 5.38. The first kappa shape index (κ1) is 14.8. The minimum atomic E-state index is 0.0446. The lowest BCUT2D eigenvalue weighted by atomic mass is 10.1. The number of hydrogen-bond acceptors (Lipinski definition) is 4. The summed E-state index contributed by atoms with van der Waals surface area (Å²) in [4.78, 5) is 12.2. The first-order valence-corrected chi connectivity index (χ1v) is 6.94. The molecule has 5 heteroatoms. The SMILES string of the molecule is COCCOc1cc(C)ccc1NC(=O)C1CCNC1. The molecule has 2 rings (SSSR count). The number of nitrogens with one attached hydrogen (secondary N) is 2. The van der Waals surface area contributed by atoms with E-state index in [1.165, 1.54) is 0 Å². The third-order valence-corrected chi connectivity index (χ3v) is 3.37. The quantitative estimate of drug-likeness (QED) is 0.775. The van der Waals surface area contributed by atoms with Gasteiger partial charge in [0.05, 0.1) is 18.2 Å². The van der Waals surface area contributed by atoms with Gasteiger partial charge in [-0.05, 0) is 37.6 Å². The van der Waals surface area contributed by atoms with Crippen LogP contribution in [0.3, 0.4) is 0 Å². The van der Waals surface area contributed by atoms with Gasteiger partial charge in [-0.3, -0.25) is 4.79 Å². The molecule has 0 aromatic heterocycles. The molecule has 1 fully saturated rings. The highest BCUT2D eigenvalue weighted by atomic mass is 16.5. The third-order valence-electron chi connectivity index (χ3n) is 3.37. The number of anilines is 1. The van der Waals surface area contributed by atoms with E-state index in [4.69, 9.17) is 9.47 Å². The average molecular weight is 278 g/mol. The van der Waals surface area contributed by atoms with Crippen LogP contribution >= 0.6 is 0 Å². The fourth-order valence-electron chi connectivity index (χ4n) is 2.20. The number of amides is 1. The van der Waals surface area contributed by atoms with Crippen molar-refractivity contribution >= 4 is 11.6 Å². The molecule has 1 saturated heterocycles. The summed E-state index contributed by atoms with van der Waals surface area (Å²) in [6.07, 6.45) is 0.886. The van der Waals surface area contributed by atoms with Crippen LogP contribution in [-0.2, 0) is 9.53 Å². The van der Waals surface area contributed by atoms with E-state index < -0.39 is 0 Å². The Balaban J connectivity index is 2.03. The standard InChI is InChI=1S/C15H22N2O3/c1-11-3-4-13(14(9-11)20-8-7-19-2)17-15(18)12-5-6-16-10-12/h3-4,9,12,16H,5-8,10H2,1-2H3,(H,17,18). The molecule has 2 N–H and O–H groups in total. The van der Waals surface area contributed by atoms with Crippen molar-refractivity contribution in [1.29, 1.82) is 0 Å². The number of aryl methyl sites for hydroxylation is 1. The molecule has 1 aliphatic heterocycles. The van der Waals surface area contributed by atoms with Gasteiger partial charge in [0.15, 0.2) is 0 Å². The molecule has 1 atom stereocenters. The van der Waals surface area contributed by atoms with Crippen LogP contribution < -0.4 is 15.4 Å². The molecule has 0 aliphatic carbocycles. The van der Waals surface area contributed by atoms with Gasteiger partial charge in [0.25, 0.3) is 0 Å². The van der Waals surface area contributed by atoms with Crippen LogP contribution in [0.1, 0.15) is 12.0 Å². The molecule has 20 heavy (non-hydrogen) atoms. The maximum atomic E-state index is 12.2. The van der Waals surface area contributed by atoms with Gasteiger partial charge in [-0.2, -0.15) is 0 Å². The highest BCUT2D eigenvalue weighted by Crippen LogP contribution is 2.26. The number of carbonyl (C=O) groups excluding carboxylic acids is 1. The fourth-order valence-corrected chi connectivity index (χ4v) is 2.20. The van der Waals surface area contributed by atoms with Crippen molar-refractivity contribution in [1.82, 2.24) is 5.32 Å². The van der Waals surface area contributed by atoms with E-state index in [0.717, 1.165) is 30.8 Å².